The van der Waals surface area contributed by atoms with E-state index in [0.29, 0.717) is 13.0 Å². The Hall–Kier alpha value is -2.46. The molecule has 0 aliphatic rings. The maximum absolute atomic E-state index is 13.6. The minimum atomic E-state index is -4.75. The molecule has 0 saturated carbocycles. The molecule has 1 N–H and O–H groups in total. The normalized spacial score (nSPS) is 12.0. The van der Waals surface area contributed by atoms with E-state index >= 15 is 0 Å². The SMILES string of the molecule is COCCCn1c(=S)[nH]c(=O)c2c(C(F)(F)F)cc(-c3ccco3)nc21. The monoisotopic (exact) mass is 385 g/mol. The van der Waals surface area contributed by atoms with E-state index in [9.17, 15) is 18.0 Å². The average Bonchev–Trinajstić information content (AvgIpc) is 3.10. The summed E-state index contributed by atoms with van der Waals surface area (Å²) in [4.78, 5) is 18.8. The number of alkyl halides is 3. The third-order valence-electron chi connectivity index (χ3n) is 3.76. The maximum Gasteiger partial charge on any atom is 0.417 e. The third-order valence-corrected chi connectivity index (χ3v) is 4.08. The Morgan fingerprint density at radius 1 is 1.42 bits per heavy atom. The van der Waals surface area contributed by atoms with Gasteiger partial charge in [0.2, 0.25) is 0 Å². The fourth-order valence-electron chi connectivity index (χ4n) is 2.62. The van der Waals surface area contributed by atoms with Crippen LogP contribution in [0.1, 0.15) is 12.0 Å². The molecule has 0 atom stereocenters. The number of nitrogens with one attached hydrogen (secondary N) is 1. The van der Waals surface area contributed by atoms with Crippen molar-refractivity contribution >= 4 is 23.3 Å². The molecule has 0 spiro atoms. The van der Waals surface area contributed by atoms with Gasteiger partial charge in [-0.2, -0.15) is 13.2 Å². The van der Waals surface area contributed by atoms with Crippen LogP contribution in [-0.2, 0) is 17.5 Å². The van der Waals surface area contributed by atoms with Crippen molar-refractivity contribution in [1.29, 1.82) is 0 Å². The topological polar surface area (TPSA) is 73.0 Å². The van der Waals surface area contributed by atoms with E-state index in [-0.39, 0.29) is 28.4 Å². The zero-order valence-corrected chi connectivity index (χ0v) is 14.4. The van der Waals surface area contributed by atoms with Gasteiger partial charge < -0.3 is 13.7 Å². The van der Waals surface area contributed by atoms with Crippen LogP contribution >= 0.6 is 12.2 Å². The highest BCUT2D eigenvalue weighted by molar-refractivity contribution is 7.71. The molecule has 6 nitrogen and oxygen atoms in total. The fraction of sp³-hybridized carbons (Fsp3) is 0.312. The van der Waals surface area contributed by atoms with Crippen molar-refractivity contribution in [3.8, 4) is 11.5 Å². The number of hydrogen-bond acceptors (Lipinski definition) is 5. The summed E-state index contributed by atoms with van der Waals surface area (Å²) in [6, 6.07) is 3.84. The summed E-state index contributed by atoms with van der Waals surface area (Å²) in [7, 11) is 1.51. The minimum Gasteiger partial charge on any atom is -0.463 e. The fourth-order valence-corrected chi connectivity index (χ4v) is 2.89. The molecule has 0 radical (unpaired) electrons. The lowest BCUT2D eigenvalue weighted by Gasteiger charge is -2.15. The predicted octanol–water partition coefficient (Wildman–Crippen LogP) is 3.77. The van der Waals surface area contributed by atoms with Gasteiger partial charge in [-0.1, -0.05) is 0 Å². The number of aryl methyl sites for hydroxylation is 1. The molecule has 0 aromatic carbocycles. The van der Waals surface area contributed by atoms with Gasteiger partial charge >= 0.3 is 6.18 Å². The van der Waals surface area contributed by atoms with Gasteiger partial charge in [0.05, 0.1) is 17.2 Å². The van der Waals surface area contributed by atoms with E-state index in [1.807, 2.05) is 0 Å². The van der Waals surface area contributed by atoms with Crippen LogP contribution in [0, 0.1) is 4.77 Å². The second-order valence-electron chi connectivity index (χ2n) is 5.49. The molecule has 0 unspecified atom stereocenters. The van der Waals surface area contributed by atoms with Crippen LogP contribution in [0.25, 0.3) is 22.5 Å². The van der Waals surface area contributed by atoms with Crippen molar-refractivity contribution in [3.05, 3.63) is 45.2 Å². The van der Waals surface area contributed by atoms with Gasteiger partial charge in [0.25, 0.3) is 5.56 Å². The molecular weight excluding hydrogens is 371 g/mol. The molecule has 0 aliphatic heterocycles. The van der Waals surface area contributed by atoms with Crippen LogP contribution in [-0.4, -0.2) is 28.3 Å². The van der Waals surface area contributed by atoms with E-state index in [1.54, 1.807) is 0 Å². The molecule has 0 fully saturated rings. The number of H-pyrrole nitrogens is 1. The number of rotatable bonds is 5. The third kappa shape index (κ3) is 3.42. The van der Waals surface area contributed by atoms with E-state index in [0.717, 1.165) is 6.07 Å². The molecule has 138 valence electrons. The standard InChI is InChI=1S/C16H14F3N3O3S/c1-24-6-3-5-22-13-12(14(23)21-15(22)26)9(16(17,18)19)8-10(20-13)11-4-2-7-25-11/h2,4,7-8H,3,5-6H2,1H3,(H,21,23,26). The first-order chi connectivity index (χ1) is 12.3. The quantitative estimate of drug-likeness (QED) is 0.535. The van der Waals surface area contributed by atoms with Crippen LogP contribution in [0.2, 0.25) is 0 Å². The first-order valence-corrected chi connectivity index (χ1v) is 8.01. The highest BCUT2D eigenvalue weighted by Gasteiger charge is 2.35. The second-order valence-corrected chi connectivity index (χ2v) is 5.87. The van der Waals surface area contributed by atoms with Gasteiger partial charge in [-0.15, -0.1) is 0 Å². The van der Waals surface area contributed by atoms with Gasteiger partial charge in [-0.05, 0) is 36.8 Å². The first kappa shape index (κ1) is 18.3. The Bertz CT molecular complexity index is 1040. The molecule has 26 heavy (non-hydrogen) atoms. The molecule has 0 saturated heterocycles. The summed E-state index contributed by atoms with van der Waals surface area (Å²) < 4.78 is 52.3. The average molecular weight is 385 g/mol. The summed E-state index contributed by atoms with van der Waals surface area (Å²) in [5.74, 6) is 0.159. The van der Waals surface area contributed by atoms with Crippen molar-refractivity contribution < 1.29 is 22.3 Å². The summed E-state index contributed by atoms with van der Waals surface area (Å²) in [6.45, 7) is 0.623. The number of furan rings is 1. The second kappa shape index (κ2) is 7.04. The van der Waals surface area contributed by atoms with Crippen molar-refractivity contribution in [2.45, 2.75) is 19.1 Å². The number of aromatic amines is 1. The van der Waals surface area contributed by atoms with E-state index in [2.05, 4.69) is 9.97 Å². The Morgan fingerprint density at radius 3 is 2.81 bits per heavy atom. The number of methoxy groups -OCH3 is 1. The lowest BCUT2D eigenvalue weighted by atomic mass is 10.1. The Morgan fingerprint density at radius 2 is 2.19 bits per heavy atom. The molecular formula is C16H14F3N3O3S. The van der Waals surface area contributed by atoms with Gasteiger partial charge in [-0.25, -0.2) is 4.98 Å². The summed E-state index contributed by atoms with van der Waals surface area (Å²) in [5, 5.41) is -0.557. The zero-order valence-electron chi connectivity index (χ0n) is 13.6. The number of hydrogen-bond donors (Lipinski definition) is 1. The number of fused-ring (bicyclic) bond motifs is 1. The summed E-state index contributed by atoms with van der Waals surface area (Å²) in [6.07, 6.45) is -2.93. The number of nitrogens with zero attached hydrogens (tertiary/aromatic N) is 2. The lowest BCUT2D eigenvalue weighted by molar-refractivity contribution is -0.136. The predicted molar refractivity (Wildman–Crippen MR) is 90.4 cm³/mol. The molecule has 3 aromatic heterocycles. The zero-order chi connectivity index (χ0) is 18.9. The minimum absolute atomic E-state index is 0.00387. The lowest BCUT2D eigenvalue weighted by Crippen LogP contribution is -2.21. The van der Waals surface area contributed by atoms with Crippen molar-refractivity contribution in [2.24, 2.45) is 0 Å². The van der Waals surface area contributed by atoms with Crippen molar-refractivity contribution in [3.63, 3.8) is 0 Å². The summed E-state index contributed by atoms with van der Waals surface area (Å²) in [5.41, 5.74) is -2.20. The number of halogens is 3. The van der Waals surface area contributed by atoms with E-state index in [1.165, 1.54) is 30.1 Å². The number of pyridine rings is 1. The molecule has 3 rings (SSSR count). The van der Waals surface area contributed by atoms with E-state index < -0.39 is 22.7 Å². The Kier molecular flexibility index (Phi) is 4.97. The smallest absolute Gasteiger partial charge is 0.417 e. The van der Waals surface area contributed by atoms with Crippen LogP contribution < -0.4 is 5.56 Å². The van der Waals surface area contributed by atoms with E-state index in [4.69, 9.17) is 21.4 Å². The van der Waals surface area contributed by atoms with Gasteiger partial charge in [-0.3, -0.25) is 9.78 Å². The van der Waals surface area contributed by atoms with Crippen LogP contribution in [0.15, 0.2) is 33.7 Å². The van der Waals surface area contributed by atoms with Crippen molar-refractivity contribution in [2.75, 3.05) is 13.7 Å². The molecule has 0 amide bonds. The van der Waals surface area contributed by atoms with Crippen LogP contribution in [0.3, 0.4) is 0 Å². The van der Waals surface area contributed by atoms with Gasteiger partial charge in [0.1, 0.15) is 11.3 Å². The van der Waals surface area contributed by atoms with Crippen LogP contribution in [0.5, 0.6) is 0 Å². The number of aromatic nitrogens is 3. The maximum atomic E-state index is 13.6. The Balaban J connectivity index is 2.36. The Labute approximate surface area is 150 Å². The number of ether oxygens (including phenoxy) is 1. The molecule has 0 bridgehead atoms. The van der Waals surface area contributed by atoms with Crippen LogP contribution in [0.4, 0.5) is 13.2 Å². The molecule has 3 aromatic rings. The molecule has 3 heterocycles. The van der Waals surface area contributed by atoms with Gasteiger partial charge in [0.15, 0.2) is 10.5 Å². The highest BCUT2D eigenvalue weighted by Crippen LogP contribution is 2.35. The first-order valence-electron chi connectivity index (χ1n) is 7.61. The molecule has 0 aliphatic carbocycles. The largest absolute Gasteiger partial charge is 0.463 e. The highest BCUT2D eigenvalue weighted by atomic mass is 32.1. The van der Waals surface area contributed by atoms with Crippen molar-refractivity contribution in [1.82, 2.24) is 14.5 Å². The molecule has 10 heteroatoms. The van der Waals surface area contributed by atoms with Gasteiger partial charge in [0, 0.05) is 20.3 Å². The summed E-state index contributed by atoms with van der Waals surface area (Å²) >= 11 is 5.12.